The summed E-state index contributed by atoms with van der Waals surface area (Å²) < 4.78 is 1.68. The highest BCUT2D eigenvalue weighted by Crippen LogP contribution is 2.46. The molecule has 2 aromatic rings. The van der Waals surface area contributed by atoms with Crippen LogP contribution in [-0.4, -0.2) is 61.2 Å². The van der Waals surface area contributed by atoms with E-state index in [0.717, 1.165) is 30.7 Å². The summed E-state index contributed by atoms with van der Waals surface area (Å²) >= 11 is 6.06. The normalized spacial score (nSPS) is 26.6. The molecule has 2 aliphatic rings. The Bertz CT molecular complexity index is 1120. The Morgan fingerprint density at radius 2 is 1.89 bits per heavy atom. The standard InChI is InChI=1S/C27H39ClN6O3/c1-17(2)22(29-24(35)19-8-6-7-18(15-19)23-30-31-32-33(23)5)25(36)34-14-13-27(37,26(3,4)16-34)20-9-11-21(28)12-10-20/h9-12,17-19,22,37H,6-8,13-16H2,1-5H3,(H,29,35)/t18?,19?,22-,27+/m1/s1. The Balaban J connectivity index is 1.44. The lowest BCUT2D eigenvalue weighted by Crippen LogP contribution is -2.60. The van der Waals surface area contributed by atoms with Gasteiger partial charge in [0.25, 0.3) is 0 Å². The van der Waals surface area contributed by atoms with Crippen molar-refractivity contribution in [1.29, 1.82) is 0 Å². The average Bonchev–Trinajstić information content (AvgIpc) is 3.29. The fourth-order valence-electron chi connectivity index (χ4n) is 6.00. The number of nitrogens with zero attached hydrogens (tertiary/aromatic N) is 5. The number of halogens is 1. The maximum atomic E-state index is 13.7. The molecule has 37 heavy (non-hydrogen) atoms. The van der Waals surface area contributed by atoms with Gasteiger partial charge in [0, 0.05) is 42.4 Å². The number of hydrogen-bond acceptors (Lipinski definition) is 6. The molecule has 2 heterocycles. The van der Waals surface area contributed by atoms with E-state index in [0.29, 0.717) is 31.0 Å². The minimum Gasteiger partial charge on any atom is -0.384 e. The number of carbonyl (C=O) groups excluding carboxylic acids is 2. The van der Waals surface area contributed by atoms with Crippen LogP contribution in [0.25, 0.3) is 0 Å². The Kier molecular flexibility index (Phi) is 7.95. The van der Waals surface area contributed by atoms with Crippen molar-refractivity contribution in [2.75, 3.05) is 13.1 Å². The first-order valence-electron chi connectivity index (χ1n) is 13.2. The number of tetrazole rings is 1. The van der Waals surface area contributed by atoms with Crippen LogP contribution in [0, 0.1) is 17.3 Å². The fourth-order valence-corrected chi connectivity index (χ4v) is 6.12. The molecule has 2 N–H and O–H groups in total. The molecule has 1 saturated carbocycles. The van der Waals surface area contributed by atoms with Gasteiger partial charge in [-0.3, -0.25) is 9.59 Å². The van der Waals surface area contributed by atoms with Gasteiger partial charge < -0.3 is 15.3 Å². The van der Waals surface area contributed by atoms with Crippen LogP contribution in [0.1, 0.15) is 77.1 Å². The Labute approximate surface area is 223 Å². The quantitative estimate of drug-likeness (QED) is 0.591. The van der Waals surface area contributed by atoms with Gasteiger partial charge in [-0.1, -0.05) is 57.8 Å². The fraction of sp³-hybridized carbons (Fsp3) is 0.667. The molecule has 1 aromatic heterocycles. The maximum absolute atomic E-state index is 13.7. The Morgan fingerprint density at radius 1 is 1.19 bits per heavy atom. The van der Waals surface area contributed by atoms with Crippen LogP contribution < -0.4 is 5.32 Å². The number of nitrogens with one attached hydrogen (secondary N) is 1. The van der Waals surface area contributed by atoms with E-state index in [2.05, 4.69) is 20.8 Å². The van der Waals surface area contributed by atoms with Crippen molar-refractivity contribution in [3.63, 3.8) is 0 Å². The van der Waals surface area contributed by atoms with E-state index in [1.807, 2.05) is 46.9 Å². The summed E-state index contributed by atoms with van der Waals surface area (Å²) in [5, 5.41) is 27.2. The number of aromatic nitrogens is 4. The number of amides is 2. The lowest BCUT2D eigenvalue weighted by molar-refractivity contribution is -0.157. The van der Waals surface area contributed by atoms with Gasteiger partial charge in [0.1, 0.15) is 6.04 Å². The van der Waals surface area contributed by atoms with Gasteiger partial charge >= 0.3 is 0 Å². The van der Waals surface area contributed by atoms with Crippen molar-refractivity contribution >= 4 is 23.4 Å². The van der Waals surface area contributed by atoms with Crippen LogP contribution in [0.3, 0.4) is 0 Å². The van der Waals surface area contributed by atoms with Crippen LogP contribution in [0.2, 0.25) is 5.02 Å². The van der Waals surface area contributed by atoms with Crippen LogP contribution >= 0.6 is 11.6 Å². The lowest BCUT2D eigenvalue weighted by atomic mass is 9.66. The highest BCUT2D eigenvalue weighted by atomic mass is 35.5. The predicted molar refractivity (Wildman–Crippen MR) is 141 cm³/mol. The summed E-state index contributed by atoms with van der Waals surface area (Å²) in [5.41, 5.74) is -0.884. The monoisotopic (exact) mass is 530 g/mol. The van der Waals surface area contributed by atoms with Crippen molar-refractivity contribution in [1.82, 2.24) is 30.4 Å². The first-order valence-corrected chi connectivity index (χ1v) is 13.6. The van der Waals surface area contributed by atoms with E-state index in [4.69, 9.17) is 11.6 Å². The van der Waals surface area contributed by atoms with E-state index in [-0.39, 0.29) is 29.6 Å². The molecule has 0 bridgehead atoms. The number of rotatable bonds is 6. The molecule has 10 heteroatoms. The molecule has 0 spiro atoms. The molecule has 2 fully saturated rings. The third kappa shape index (κ3) is 5.53. The van der Waals surface area contributed by atoms with Crippen molar-refractivity contribution in [3.05, 3.63) is 40.7 Å². The average molecular weight is 531 g/mol. The van der Waals surface area contributed by atoms with Crippen molar-refractivity contribution < 1.29 is 14.7 Å². The molecule has 1 aromatic carbocycles. The molecule has 202 valence electrons. The molecule has 0 radical (unpaired) electrons. The largest absolute Gasteiger partial charge is 0.384 e. The number of likely N-dealkylation sites (tertiary alicyclic amines) is 1. The van der Waals surface area contributed by atoms with E-state index in [9.17, 15) is 14.7 Å². The van der Waals surface area contributed by atoms with Crippen LogP contribution in [0.15, 0.2) is 24.3 Å². The van der Waals surface area contributed by atoms with Crippen molar-refractivity contribution in [2.45, 2.75) is 77.4 Å². The second-order valence-corrected chi connectivity index (χ2v) is 12.1. The minimum absolute atomic E-state index is 0.0704. The summed E-state index contributed by atoms with van der Waals surface area (Å²) in [4.78, 5) is 28.9. The van der Waals surface area contributed by atoms with E-state index < -0.39 is 17.1 Å². The summed E-state index contributed by atoms with van der Waals surface area (Å²) in [6.07, 6.45) is 3.73. The second-order valence-electron chi connectivity index (χ2n) is 11.7. The van der Waals surface area contributed by atoms with Crippen LogP contribution in [0.4, 0.5) is 0 Å². The summed E-state index contributed by atoms with van der Waals surface area (Å²) in [5.74, 6) is 0.500. The Hall–Kier alpha value is -2.52. The molecular weight excluding hydrogens is 492 g/mol. The molecular formula is C27H39ClN6O3. The second kappa shape index (κ2) is 10.7. The molecule has 1 aliphatic heterocycles. The van der Waals surface area contributed by atoms with Crippen molar-refractivity contribution in [2.24, 2.45) is 24.3 Å². The highest BCUT2D eigenvalue weighted by Gasteiger charge is 2.50. The van der Waals surface area contributed by atoms with E-state index in [1.165, 1.54) is 0 Å². The number of benzene rings is 1. The van der Waals surface area contributed by atoms with Gasteiger partial charge in [-0.25, -0.2) is 4.68 Å². The van der Waals surface area contributed by atoms with Gasteiger partial charge in [0.2, 0.25) is 11.8 Å². The third-order valence-corrected chi connectivity index (χ3v) is 8.63. The molecule has 1 saturated heterocycles. The zero-order valence-corrected chi connectivity index (χ0v) is 23.2. The van der Waals surface area contributed by atoms with Gasteiger partial charge in [-0.2, -0.15) is 0 Å². The number of carbonyl (C=O) groups is 2. The highest BCUT2D eigenvalue weighted by molar-refractivity contribution is 6.30. The number of aryl methyl sites for hydroxylation is 1. The van der Waals surface area contributed by atoms with E-state index >= 15 is 0 Å². The molecule has 2 unspecified atom stereocenters. The molecule has 1 aliphatic carbocycles. The van der Waals surface area contributed by atoms with Gasteiger partial charge in [0.15, 0.2) is 5.82 Å². The van der Waals surface area contributed by atoms with Crippen LogP contribution in [0.5, 0.6) is 0 Å². The number of piperidine rings is 1. The summed E-state index contributed by atoms with van der Waals surface area (Å²) in [7, 11) is 1.82. The van der Waals surface area contributed by atoms with Gasteiger partial charge in [0.05, 0.1) is 5.60 Å². The Morgan fingerprint density at radius 3 is 2.49 bits per heavy atom. The van der Waals surface area contributed by atoms with Gasteiger partial charge in [-0.05, 0) is 59.7 Å². The maximum Gasteiger partial charge on any atom is 0.245 e. The molecule has 4 rings (SSSR count). The zero-order valence-electron chi connectivity index (χ0n) is 22.4. The predicted octanol–water partition coefficient (Wildman–Crippen LogP) is 3.42. The summed E-state index contributed by atoms with van der Waals surface area (Å²) in [6, 6.07) is 6.65. The zero-order chi connectivity index (χ0) is 27.0. The third-order valence-electron chi connectivity index (χ3n) is 8.38. The molecule has 2 amide bonds. The van der Waals surface area contributed by atoms with Crippen molar-refractivity contribution in [3.8, 4) is 0 Å². The molecule has 4 atom stereocenters. The smallest absolute Gasteiger partial charge is 0.245 e. The van der Waals surface area contributed by atoms with Gasteiger partial charge in [-0.15, -0.1) is 5.10 Å². The molecule has 9 nitrogen and oxygen atoms in total. The van der Waals surface area contributed by atoms with E-state index in [1.54, 1.807) is 21.7 Å². The number of hydrogen-bond donors (Lipinski definition) is 2. The first-order chi connectivity index (χ1) is 17.4. The SMILES string of the molecule is CC(C)[C@@H](NC(=O)C1CCCC(c2nnnn2C)C1)C(=O)N1CC[C@](O)(c2ccc(Cl)cc2)C(C)(C)C1. The minimum atomic E-state index is -1.09. The first kappa shape index (κ1) is 27.5. The summed E-state index contributed by atoms with van der Waals surface area (Å²) in [6.45, 7) is 8.66. The lowest BCUT2D eigenvalue weighted by Gasteiger charge is -2.51. The van der Waals surface area contributed by atoms with Crippen LogP contribution in [-0.2, 0) is 22.2 Å². The topological polar surface area (TPSA) is 113 Å². The number of aliphatic hydroxyl groups is 1.